The third-order valence-electron chi connectivity index (χ3n) is 3.87. The molecular formula is C17H18F2N2O. The number of hydrogen-bond donors (Lipinski definition) is 0. The molecule has 0 aliphatic carbocycles. The van der Waals surface area contributed by atoms with Gasteiger partial charge in [0.25, 0.3) is 0 Å². The van der Waals surface area contributed by atoms with Gasteiger partial charge in [0.15, 0.2) is 11.6 Å². The van der Waals surface area contributed by atoms with Crippen LogP contribution in [0.15, 0.2) is 36.5 Å². The molecule has 0 atom stereocenters. The van der Waals surface area contributed by atoms with E-state index in [1.807, 2.05) is 13.0 Å². The molecule has 1 aromatic heterocycles. The number of aromatic nitrogens is 1. The van der Waals surface area contributed by atoms with Crippen molar-refractivity contribution < 1.29 is 13.5 Å². The molecule has 1 fully saturated rings. The highest BCUT2D eigenvalue weighted by molar-refractivity contribution is 5.46. The van der Waals surface area contributed by atoms with Crippen molar-refractivity contribution in [1.29, 1.82) is 0 Å². The van der Waals surface area contributed by atoms with Gasteiger partial charge >= 0.3 is 0 Å². The molecule has 1 saturated heterocycles. The number of piperidine rings is 1. The lowest BCUT2D eigenvalue weighted by atomic mass is 10.1. The van der Waals surface area contributed by atoms with E-state index in [2.05, 4.69) is 16.0 Å². The van der Waals surface area contributed by atoms with Crippen molar-refractivity contribution in [2.24, 2.45) is 0 Å². The van der Waals surface area contributed by atoms with E-state index >= 15 is 0 Å². The molecule has 1 aromatic carbocycles. The summed E-state index contributed by atoms with van der Waals surface area (Å²) in [5.41, 5.74) is 2.14. The van der Waals surface area contributed by atoms with Crippen LogP contribution < -0.4 is 9.64 Å². The summed E-state index contributed by atoms with van der Waals surface area (Å²) < 4.78 is 32.2. The van der Waals surface area contributed by atoms with E-state index in [1.54, 1.807) is 6.20 Å². The summed E-state index contributed by atoms with van der Waals surface area (Å²) in [5, 5.41) is 0. The van der Waals surface area contributed by atoms with Crippen LogP contribution in [0.4, 0.5) is 14.5 Å². The molecule has 0 N–H and O–H groups in total. The molecule has 3 rings (SSSR count). The fraction of sp³-hybridized carbons (Fsp3) is 0.353. The number of benzene rings is 1. The number of aryl methyl sites for hydroxylation is 1. The Balaban J connectivity index is 1.60. The van der Waals surface area contributed by atoms with Gasteiger partial charge in [0.05, 0.1) is 0 Å². The predicted molar refractivity (Wildman–Crippen MR) is 81.2 cm³/mol. The minimum atomic E-state index is -0.646. The summed E-state index contributed by atoms with van der Waals surface area (Å²) in [7, 11) is 0. The number of ether oxygens (including phenoxy) is 1. The van der Waals surface area contributed by atoms with Gasteiger partial charge in [-0.05, 0) is 31.2 Å². The van der Waals surface area contributed by atoms with E-state index in [1.165, 1.54) is 12.1 Å². The van der Waals surface area contributed by atoms with Gasteiger partial charge in [-0.2, -0.15) is 0 Å². The standard InChI is InChI=1S/C17H18F2N2O/c1-12-10-14(4-7-20-12)21-8-5-15(6-9-21)22-17-3-2-13(18)11-16(17)19/h2-4,7,10-11,15H,5-6,8-9H2,1H3. The predicted octanol–water partition coefficient (Wildman–Crippen LogP) is 3.72. The molecule has 1 aliphatic heterocycles. The zero-order valence-corrected chi connectivity index (χ0v) is 12.4. The monoisotopic (exact) mass is 304 g/mol. The van der Waals surface area contributed by atoms with Crippen molar-refractivity contribution >= 4 is 5.69 Å². The Labute approximate surface area is 128 Å². The van der Waals surface area contributed by atoms with Gasteiger partial charge in [0, 0.05) is 49.6 Å². The van der Waals surface area contributed by atoms with Gasteiger partial charge < -0.3 is 9.64 Å². The molecule has 2 heterocycles. The van der Waals surface area contributed by atoms with Crippen LogP contribution in [0.3, 0.4) is 0 Å². The van der Waals surface area contributed by atoms with E-state index in [9.17, 15) is 8.78 Å². The number of nitrogens with zero attached hydrogens (tertiary/aromatic N) is 2. The van der Waals surface area contributed by atoms with Gasteiger partial charge in [0.1, 0.15) is 11.9 Å². The highest BCUT2D eigenvalue weighted by Crippen LogP contribution is 2.25. The van der Waals surface area contributed by atoms with Crippen molar-refractivity contribution in [3.05, 3.63) is 53.9 Å². The lowest BCUT2D eigenvalue weighted by Crippen LogP contribution is -2.38. The van der Waals surface area contributed by atoms with Crippen LogP contribution in [0, 0.1) is 18.6 Å². The van der Waals surface area contributed by atoms with Crippen LogP contribution in [0.1, 0.15) is 18.5 Å². The zero-order valence-electron chi connectivity index (χ0n) is 12.4. The number of pyridine rings is 1. The molecule has 3 nitrogen and oxygen atoms in total. The van der Waals surface area contributed by atoms with Gasteiger partial charge in [-0.25, -0.2) is 8.78 Å². The zero-order chi connectivity index (χ0) is 15.5. The minimum absolute atomic E-state index is 0.0425. The molecule has 0 amide bonds. The summed E-state index contributed by atoms with van der Waals surface area (Å²) in [6, 6.07) is 7.47. The largest absolute Gasteiger partial charge is 0.487 e. The van der Waals surface area contributed by atoms with E-state index in [0.29, 0.717) is 0 Å². The fourth-order valence-electron chi connectivity index (χ4n) is 2.71. The van der Waals surface area contributed by atoms with Crippen molar-refractivity contribution in [3.8, 4) is 5.75 Å². The molecule has 116 valence electrons. The summed E-state index contributed by atoms with van der Waals surface area (Å²) >= 11 is 0. The maximum Gasteiger partial charge on any atom is 0.167 e. The van der Waals surface area contributed by atoms with Gasteiger partial charge in [0.2, 0.25) is 0 Å². The van der Waals surface area contributed by atoms with Crippen molar-refractivity contribution in [1.82, 2.24) is 4.98 Å². The van der Waals surface area contributed by atoms with Gasteiger partial charge in [-0.3, -0.25) is 4.98 Å². The van der Waals surface area contributed by atoms with E-state index in [4.69, 9.17) is 4.74 Å². The molecule has 2 aromatic rings. The molecule has 0 saturated carbocycles. The second-order valence-electron chi connectivity index (χ2n) is 5.53. The normalized spacial score (nSPS) is 15.9. The van der Waals surface area contributed by atoms with Crippen LogP contribution in [-0.2, 0) is 0 Å². The topological polar surface area (TPSA) is 25.4 Å². The lowest BCUT2D eigenvalue weighted by molar-refractivity contribution is 0.163. The first-order valence-electron chi connectivity index (χ1n) is 7.41. The maximum absolute atomic E-state index is 13.6. The Kier molecular flexibility index (Phi) is 4.22. The Morgan fingerprint density at radius 2 is 1.91 bits per heavy atom. The summed E-state index contributed by atoms with van der Waals surface area (Å²) in [5.74, 6) is -1.11. The van der Waals surface area contributed by atoms with Crippen molar-refractivity contribution in [2.45, 2.75) is 25.9 Å². The van der Waals surface area contributed by atoms with Crippen LogP contribution in [0.5, 0.6) is 5.75 Å². The number of rotatable bonds is 3. The van der Waals surface area contributed by atoms with E-state index in [0.717, 1.165) is 43.4 Å². The van der Waals surface area contributed by atoms with Gasteiger partial charge in [-0.1, -0.05) is 0 Å². The fourth-order valence-corrected chi connectivity index (χ4v) is 2.71. The smallest absolute Gasteiger partial charge is 0.167 e. The number of anilines is 1. The average Bonchev–Trinajstić information content (AvgIpc) is 2.51. The molecule has 0 spiro atoms. The Hall–Kier alpha value is -2.17. The maximum atomic E-state index is 13.6. The first kappa shape index (κ1) is 14.8. The van der Waals surface area contributed by atoms with Crippen molar-refractivity contribution in [3.63, 3.8) is 0 Å². The highest BCUT2D eigenvalue weighted by atomic mass is 19.1. The lowest BCUT2D eigenvalue weighted by Gasteiger charge is -2.33. The Morgan fingerprint density at radius 1 is 1.14 bits per heavy atom. The highest BCUT2D eigenvalue weighted by Gasteiger charge is 2.22. The molecule has 5 heteroatoms. The van der Waals surface area contributed by atoms with E-state index < -0.39 is 11.6 Å². The third-order valence-corrected chi connectivity index (χ3v) is 3.87. The minimum Gasteiger partial charge on any atom is -0.487 e. The number of hydrogen-bond acceptors (Lipinski definition) is 3. The van der Waals surface area contributed by atoms with Crippen molar-refractivity contribution in [2.75, 3.05) is 18.0 Å². The quantitative estimate of drug-likeness (QED) is 0.864. The second kappa shape index (κ2) is 6.30. The second-order valence-corrected chi connectivity index (χ2v) is 5.53. The summed E-state index contributed by atoms with van der Waals surface area (Å²) in [6.07, 6.45) is 3.37. The Bertz CT molecular complexity index is 655. The third kappa shape index (κ3) is 3.35. The van der Waals surface area contributed by atoms with Gasteiger partial charge in [-0.15, -0.1) is 0 Å². The Morgan fingerprint density at radius 3 is 2.59 bits per heavy atom. The van der Waals surface area contributed by atoms with Crippen LogP contribution in [-0.4, -0.2) is 24.2 Å². The molecular weight excluding hydrogens is 286 g/mol. The molecule has 0 bridgehead atoms. The molecule has 0 unspecified atom stereocenters. The summed E-state index contributed by atoms with van der Waals surface area (Å²) in [4.78, 5) is 6.47. The van der Waals surface area contributed by atoms with Crippen LogP contribution in [0.25, 0.3) is 0 Å². The first-order chi connectivity index (χ1) is 10.6. The van der Waals surface area contributed by atoms with Crippen LogP contribution >= 0.6 is 0 Å². The molecule has 0 radical (unpaired) electrons. The number of halogens is 2. The van der Waals surface area contributed by atoms with Crippen LogP contribution in [0.2, 0.25) is 0 Å². The molecule has 22 heavy (non-hydrogen) atoms. The SMILES string of the molecule is Cc1cc(N2CCC(Oc3ccc(F)cc3F)CC2)ccn1. The average molecular weight is 304 g/mol. The van der Waals surface area contributed by atoms with E-state index in [-0.39, 0.29) is 11.9 Å². The summed E-state index contributed by atoms with van der Waals surface area (Å²) in [6.45, 7) is 3.66. The first-order valence-corrected chi connectivity index (χ1v) is 7.41. The molecule has 1 aliphatic rings.